The normalized spacial score (nSPS) is 19.0. The maximum absolute atomic E-state index is 15.9. The summed E-state index contributed by atoms with van der Waals surface area (Å²) >= 11 is 0. The highest BCUT2D eigenvalue weighted by molar-refractivity contribution is 7.69. The van der Waals surface area contributed by atoms with Gasteiger partial charge < -0.3 is 34.2 Å². The zero-order valence-electron chi connectivity index (χ0n) is 34.0. The van der Waals surface area contributed by atoms with Crippen LogP contribution in [0.3, 0.4) is 0 Å². The molecular formula is C52H40O9P2. The summed E-state index contributed by atoms with van der Waals surface area (Å²) in [6.45, 7) is 3.64. The van der Waals surface area contributed by atoms with E-state index in [1.807, 2.05) is 123 Å². The Morgan fingerprint density at radius 3 is 1.11 bits per heavy atom. The highest BCUT2D eigenvalue weighted by Crippen LogP contribution is 2.71. The van der Waals surface area contributed by atoms with Crippen molar-refractivity contribution in [2.45, 2.75) is 24.2 Å². The zero-order chi connectivity index (χ0) is 43.7. The molecule has 4 N–H and O–H groups in total. The van der Waals surface area contributed by atoms with Gasteiger partial charge >= 0.3 is 0 Å². The highest BCUT2D eigenvalue weighted by atomic mass is 31.2. The topological polar surface area (TPSA) is 143 Å². The lowest BCUT2D eigenvalue weighted by molar-refractivity contribution is 0.402. The van der Waals surface area contributed by atoms with Crippen molar-refractivity contribution in [1.82, 2.24) is 0 Å². The average molecular weight is 871 g/mol. The number of hydrogen-bond donors (Lipinski definition) is 4. The number of rotatable bonds is 8. The smallest absolute Gasteiger partial charge is 0.292 e. The number of phenols is 4. The van der Waals surface area contributed by atoms with Gasteiger partial charge in [-0.25, -0.2) is 0 Å². The Bertz CT molecular complexity index is 2990. The third-order valence-corrected chi connectivity index (χ3v) is 18.9. The molecule has 0 saturated heterocycles. The number of ether oxygens (including phenoxy) is 1. The molecule has 0 aromatic heterocycles. The van der Waals surface area contributed by atoms with Gasteiger partial charge in [0.05, 0.1) is 10.6 Å². The van der Waals surface area contributed by atoms with Crippen LogP contribution in [0.1, 0.15) is 36.1 Å². The van der Waals surface area contributed by atoms with Crippen LogP contribution in [-0.2, 0) is 19.4 Å². The Labute approximate surface area is 364 Å². The van der Waals surface area contributed by atoms with E-state index in [-0.39, 0.29) is 23.0 Å². The molecule has 8 aromatic carbocycles. The fraction of sp³-hybridized carbons (Fsp3) is 0.0769. The van der Waals surface area contributed by atoms with Crippen LogP contribution in [0.15, 0.2) is 182 Å². The predicted molar refractivity (Wildman–Crippen MR) is 245 cm³/mol. The molecule has 4 unspecified atom stereocenters. The molecule has 10 rings (SSSR count). The van der Waals surface area contributed by atoms with Crippen LogP contribution in [0.2, 0.25) is 0 Å². The molecule has 2 heterocycles. The lowest BCUT2D eigenvalue weighted by Gasteiger charge is -2.41. The molecule has 11 heteroatoms. The third kappa shape index (κ3) is 6.06. The van der Waals surface area contributed by atoms with Crippen LogP contribution in [0.25, 0.3) is 22.3 Å². The van der Waals surface area contributed by atoms with Gasteiger partial charge in [-0.15, -0.1) is 0 Å². The van der Waals surface area contributed by atoms with Crippen LogP contribution >= 0.6 is 14.7 Å². The van der Waals surface area contributed by atoms with Crippen LogP contribution in [0, 0.1) is 0 Å². The van der Waals surface area contributed by atoms with Crippen LogP contribution in [0.5, 0.6) is 46.0 Å². The second-order valence-corrected chi connectivity index (χ2v) is 21.3. The predicted octanol–water partition coefficient (Wildman–Crippen LogP) is 12.2. The minimum absolute atomic E-state index is 0.306. The Kier molecular flexibility index (Phi) is 9.34. The quantitative estimate of drug-likeness (QED) is 0.0867. The molecule has 0 aliphatic carbocycles. The Morgan fingerprint density at radius 2 is 0.730 bits per heavy atom. The van der Waals surface area contributed by atoms with Crippen molar-refractivity contribution < 1.29 is 43.3 Å². The first-order chi connectivity index (χ1) is 30.3. The van der Waals surface area contributed by atoms with Gasteiger partial charge in [0.2, 0.25) is 0 Å². The standard InChI is InChI=1S/C52H40O9P2/c1-51(35-23-29-43(53)45(55)31-35,62(57)49-17-9-5-13-41(49)39-11-3-7-15-47(39)60-62)33-19-25-37(26-20-33)59-38-27-21-34(22-28-38)52(2,36-24-30-44(54)46(56)32-36)63(58)50-18-10-6-14-42(50)40-12-4-8-16-48(40)61-63/h3-32,53-56H,1-2H3. The molecule has 2 aliphatic rings. The van der Waals surface area contributed by atoms with Crippen molar-refractivity contribution in [3.63, 3.8) is 0 Å². The fourth-order valence-electron chi connectivity index (χ4n) is 8.99. The minimum atomic E-state index is -3.92. The second-order valence-electron chi connectivity index (χ2n) is 16.0. The molecule has 0 saturated carbocycles. The minimum Gasteiger partial charge on any atom is -0.504 e. The maximum atomic E-state index is 15.9. The third-order valence-electron chi connectivity index (χ3n) is 12.6. The van der Waals surface area contributed by atoms with Gasteiger partial charge in [-0.2, -0.15) is 0 Å². The summed E-state index contributed by atoms with van der Waals surface area (Å²) in [7, 11) is -7.85. The molecule has 63 heavy (non-hydrogen) atoms. The zero-order valence-corrected chi connectivity index (χ0v) is 35.8. The summed E-state index contributed by atoms with van der Waals surface area (Å²) in [4.78, 5) is 0. The summed E-state index contributed by atoms with van der Waals surface area (Å²) in [5, 5.41) is 40.4. The lowest BCUT2D eigenvalue weighted by atomic mass is 9.91. The molecule has 0 spiro atoms. The number of fused-ring (bicyclic) bond motifs is 6. The first-order valence-corrected chi connectivity index (χ1v) is 23.5. The molecule has 0 bridgehead atoms. The summed E-state index contributed by atoms with van der Waals surface area (Å²) in [5.41, 5.74) is 5.37. The van der Waals surface area contributed by atoms with Gasteiger partial charge in [-0.1, -0.05) is 109 Å². The van der Waals surface area contributed by atoms with E-state index in [9.17, 15) is 20.4 Å². The molecule has 312 valence electrons. The molecule has 2 aliphatic heterocycles. The first kappa shape index (κ1) is 39.9. The van der Waals surface area contributed by atoms with E-state index in [1.165, 1.54) is 24.3 Å². The van der Waals surface area contributed by atoms with Crippen LogP contribution in [0.4, 0.5) is 0 Å². The summed E-state index contributed by atoms with van der Waals surface area (Å²) in [5.74, 6) is 0.569. The number of aromatic hydroxyl groups is 4. The van der Waals surface area contributed by atoms with Gasteiger partial charge in [-0.3, -0.25) is 9.13 Å². The van der Waals surface area contributed by atoms with Crippen molar-refractivity contribution in [3.8, 4) is 68.2 Å². The fourth-order valence-corrected chi connectivity index (χ4v) is 14.9. The largest absolute Gasteiger partial charge is 0.504 e. The Balaban J connectivity index is 1.03. The maximum Gasteiger partial charge on any atom is 0.292 e. The van der Waals surface area contributed by atoms with E-state index < -0.39 is 25.0 Å². The molecule has 4 atom stereocenters. The monoisotopic (exact) mass is 870 g/mol. The number of phenolic OH excluding ortho intramolecular Hbond substituents is 4. The summed E-state index contributed by atoms with van der Waals surface area (Å²) < 4.78 is 51.4. The molecule has 8 aromatic rings. The summed E-state index contributed by atoms with van der Waals surface area (Å²) in [6, 6.07) is 53.1. The van der Waals surface area contributed by atoms with E-state index in [2.05, 4.69) is 0 Å². The van der Waals surface area contributed by atoms with Crippen LogP contribution < -0.4 is 24.4 Å². The van der Waals surface area contributed by atoms with E-state index >= 15 is 9.13 Å². The first-order valence-electron chi connectivity index (χ1n) is 20.3. The highest BCUT2D eigenvalue weighted by Gasteiger charge is 2.55. The SMILES string of the molecule is CC(c1ccc(Oc2ccc(C(C)(c3ccc(O)c(O)c3)P3(=O)Oc4ccccc4-c4ccccc43)cc2)cc1)(c1ccc(O)c(O)c1)P1(=O)Oc2ccccc2-c2ccccc21. The molecule has 0 radical (unpaired) electrons. The van der Waals surface area contributed by atoms with Gasteiger partial charge in [0, 0.05) is 11.1 Å². The van der Waals surface area contributed by atoms with Crippen molar-refractivity contribution in [2.24, 2.45) is 0 Å². The lowest BCUT2D eigenvalue weighted by Crippen LogP contribution is -2.34. The molecular weight excluding hydrogens is 831 g/mol. The average Bonchev–Trinajstić information content (AvgIpc) is 3.31. The van der Waals surface area contributed by atoms with Gasteiger partial charge in [-0.05, 0) is 120 Å². The molecule has 9 nitrogen and oxygen atoms in total. The van der Waals surface area contributed by atoms with Crippen molar-refractivity contribution in [3.05, 3.63) is 204 Å². The Hall–Kier alpha value is -7.18. The number of benzene rings is 8. The second kappa shape index (κ2) is 14.7. The van der Waals surface area contributed by atoms with E-state index in [4.69, 9.17) is 13.8 Å². The number of hydrogen-bond acceptors (Lipinski definition) is 9. The Morgan fingerprint density at radius 1 is 0.397 bits per heavy atom. The van der Waals surface area contributed by atoms with Gasteiger partial charge in [0.1, 0.15) is 33.3 Å². The van der Waals surface area contributed by atoms with Crippen molar-refractivity contribution >= 4 is 25.3 Å². The number of para-hydroxylation sites is 2. The van der Waals surface area contributed by atoms with E-state index in [1.54, 1.807) is 48.5 Å². The van der Waals surface area contributed by atoms with Crippen molar-refractivity contribution in [2.75, 3.05) is 0 Å². The van der Waals surface area contributed by atoms with Crippen molar-refractivity contribution in [1.29, 1.82) is 0 Å². The molecule has 0 amide bonds. The van der Waals surface area contributed by atoms with Crippen LogP contribution in [-0.4, -0.2) is 20.4 Å². The van der Waals surface area contributed by atoms with Gasteiger partial charge in [0.25, 0.3) is 14.7 Å². The van der Waals surface area contributed by atoms with E-state index in [0.717, 1.165) is 22.3 Å². The summed E-state index contributed by atoms with van der Waals surface area (Å²) in [6.07, 6.45) is 0. The van der Waals surface area contributed by atoms with E-state index in [0.29, 0.717) is 55.9 Å². The molecule has 0 fully saturated rings. The van der Waals surface area contributed by atoms with Gasteiger partial charge in [0.15, 0.2) is 23.0 Å².